The fraction of sp³-hybridized carbons (Fsp3) is 0.600. The Kier molecular flexibility index (Phi) is 4.31. The van der Waals surface area contributed by atoms with Crippen molar-refractivity contribution < 1.29 is 4.79 Å². The van der Waals surface area contributed by atoms with Crippen molar-refractivity contribution in [3.8, 4) is 0 Å². The summed E-state index contributed by atoms with van der Waals surface area (Å²) in [6.07, 6.45) is 0.327. The zero-order chi connectivity index (χ0) is 15.8. The first-order valence-electron chi connectivity index (χ1n) is 6.90. The summed E-state index contributed by atoms with van der Waals surface area (Å²) in [7, 11) is 0. The molecule has 2 aromatic rings. The molecule has 0 unspecified atom stereocenters. The molecule has 0 aliphatic rings. The lowest BCUT2D eigenvalue weighted by molar-refractivity contribution is 0.0994. The molecule has 0 saturated heterocycles. The Balaban J connectivity index is 2.20. The van der Waals surface area contributed by atoms with Gasteiger partial charge in [-0.3, -0.25) is 4.79 Å². The second kappa shape index (κ2) is 5.57. The third-order valence-corrected chi connectivity index (χ3v) is 4.70. The van der Waals surface area contributed by atoms with Crippen LogP contribution in [0.1, 0.15) is 67.6 Å². The van der Waals surface area contributed by atoms with Crippen LogP contribution in [-0.2, 0) is 17.3 Å². The van der Waals surface area contributed by atoms with Crippen LogP contribution >= 0.6 is 22.9 Å². The first kappa shape index (κ1) is 16.2. The fourth-order valence-electron chi connectivity index (χ4n) is 1.82. The molecule has 0 aliphatic heterocycles. The molecule has 4 nitrogen and oxygen atoms in total. The van der Waals surface area contributed by atoms with Gasteiger partial charge in [0.2, 0.25) is 0 Å². The Morgan fingerprint density at radius 2 is 1.81 bits per heavy atom. The number of aromatic nitrogens is 3. The predicted molar refractivity (Wildman–Crippen MR) is 87.5 cm³/mol. The molecular formula is C15H21N3OS2. The van der Waals surface area contributed by atoms with E-state index in [4.69, 9.17) is 0 Å². The van der Waals surface area contributed by atoms with E-state index in [1.807, 2.05) is 26.2 Å². The largest absolute Gasteiger partial charge is 0.293 e. The van der Waals surface area contributed by atoms with Crippen LogP contribution in [0.5, 0.6) is 0 Å². The van der Waals surface area contributed by atoms with Gasteiger partial charge < -0.3 is 0 Å². The van der Waals surface area contributed by atoms with Crippen LogP contribution in [0.25, 0.3) is 0 Å². The van der Waals surface area contributed by atoms with Gasteiger partial charge in [0, 0.05) is 16.2 Å². The standard InChI is InChI=1S/C15H21N3OS2/c1-14(2,3)10-8-20-11(16-10)7-9(19)12-13(15(4,5)6)17-18-21-12/h8H,7H2,1-6H3. The minimum atomic E-state index is -0.169. The molecule has 0 spiro atoms. The van der Waals surface area contributed by atoms with Crippen molar-refractivity contribution in [2.75, 3.05) is 0 Å². The SMILES string of the molecule is CC(C)(C)c1csc(CC(=O)c2snnc2C(C)(C)C)n1. The van der Waals surface area contributed by atoms with Crippen molar-refractivity contribution in [2.24, 2.45) is 0 Å². The topological polar surface area (TPSA) is 55.7 Å². The summed E-state index contributed by atoms with van der Waals surface area (Å²) in [6.45, 7) is 12.5. The van der Waals surface area contributed by atoms with Crippen molar-refractivity contribution >= 4 is 28.7 Å². The third kappa shape index (κ3) is 3.74. The van der Waals surface area contributed by atoms with Crippen LogP contribution in [-0.4, -0.2) is 20.4 Å². The van der Waals surface area contributed by atoms with E-state index in [0.29, 0.717) is 11.3 Å². The first-order valence-corrected chi connectivity index (χ1v) is 8.55. The van der Waals surface area contributed by atoms with Gasteiger partial charge in [0.05, 0.1) is 17.8 Å². The van der Waals surface area contributed by atoms with Gasteiger partial charge in [0.25, 0.3) is 0 Å². The van der Waals surface area contributed by atoms with Crippen molar-refractivity contribution in [3.63, 3.8) is 0 Å². The number of rotatable bonds is 3. The smallest absolute Gasteiger partial charge is 0.183 e. The van der Waals surface area contributed by atoms with Crippen LogP contribution in [0.3, 0.4) is 0 Å². The number of thiazole rings is 1. The van der Waals surface area contributed by atoms with E-state index in [0.717, 1.165) is 16.4 Å². The predicted octanol–water partition coefficient (Wildman–Crippen LogP) is 4.02. The zero-order valence-corrected chi connectivity index (χ0v) is 15.0. The molecule has 21 heavy (non-hydrogen) atoms. The van der Waals surface area contributed by atoms with Gasteiger partial charge in [-0.1, -0.05) is 46.0 Å². The van der Waals surface area contributed by atoms with Gasteiger partial charge in [-0.25, -0.2) is 4.98 Å². The van der Waals surface area contributed by atoms with Gasteiger partial charge in [-0.2, -0.15) is 0 Å². The third-order valence-electron chi connectivity index (χ3n) is 3.08. The van der Waals surface area contributed by atoms with Gasteiger partial charge in [0.15, 0.2) is 5.78 Å². The highest BCUT2D eigenvalue weighted by Crippen LogP contribution is 2.28. The van der Waals surface area contributed by atoms with Crippen LogP contribution in [0.15, 0.2) is 5.38 Å². The van der Waals surface area contributed by atoms with Gasteiger partial charge in [-0.15, -0.1) is 16.4 Å². The molecule has 2 rings (SSSR count). The summed E-state index contributed by atoms with van der Waals surface area (Å²) in [5.41, 5.74) is 1.66. The highest BCUT2D eigenvalue weighted by atomic mass is 32.1. The molecule has 2 heterocycles. The van der Waals surface area contributed by atoms with Crippen molar-refractivity contribution in [1.29, 1.82) is 0 Å². The maximum Gasteiger partial charge on any atom is 0.183 e. The molecule has 2 aromatic heterocycles. The molecule has 0 fully saturated rings. The number of Topliss-reactive ketones (excluding diaryl/α,β-unsaturated/α-hetero) is 1. The van der Waals surface area contributed by atoms with E-state index < -0.39 is 0 Å². The average molecular weight is 323 g/mol. The second-order valence-electron chi connectivity index (χ2n) is 7.18. The number of hydrogen-bond donors (Lipinski definition) is 0. The van der Waals surface area contributed by atoms with E-state index >= 15 is 0 Å². The first-order chi connectivity index (χ1) is 9.59. The summed E-state index contributed by atoms with van der Waals surface area (Å²) in [5.74, 6) is 0.0599. The summed E-state index contributed by atoms with van der Waals surface area (Å²) in [5, 5.41) is 7.02. The van der Waals surface area contributed by atoms with Crippen molar-refractivity contribution in [2.45, 2.75) is 58.8 Å². The maximum atomic E-state index is 12.5. The normalized spacial score (nSPS) is 12.7. The minimum Gasteiger partial charge on any atom is -0.293 e. The molecule has 0 aliphatic carbocycles. The molecular weight excluding hydrogens is 302 g/mol. The Morgan fingerprint density at radius 3 is 2.33 bits per heavy atom. The summed E-state index contributed by atoms with van der Waals surface area (Å²) in [6, 6.07) is 0. The van der Waals surface area contributed by atoms with Gasteiger partial charge >= 0.3 is 0 Å². The molecule has 0 radical (unpaired) electrons. The van der Waals surface area contributed by atoms with Gasteiger partial charge in [-0.05, 0) is 11.5 Å². The summed E-state index contributed by atoms with van der Waals surface area (Å²) >= 11 is 2.73. The molecule has 0 N–H and O–H groups in total. The second-order valence-corrected chi connectivity index (χ2v) is 8.87. The quantitative estimate of drug-likeness (QED) is 0.801. The number of carbonyl (C=O) groups is 1. The lowest BCUT2D eigenvalue weighted by atomic mass is 9.90. The van der Waals surface area contributed by atoms with E-state index in [1.54, 1.807) is 11.3 Å². The Hall–Kier alpha value is -1.14. The molecule has 114 valence electrons. The molecule has 0 atom stereocenters. The van der Waals surface area contributed by atoms with Crippen LogP contribution in [0.2, 0.25) is 0 Å². The molecule has 6 heteroatoms. The van der Waals surface area contributed by atoms with E-state index in [9.17, 15) is 4.79 Å². The van der Waals surface area contributed by atoms with E-state index in [1.165, 1.54) is 11.5 Å². The minimum absolute atomic E-state index is 0.0143. The maximum absolute atomic E-state index is 12.5. The van der Waals surface area contributed by atoms with Crippen LogP contribution in [0, 0.1) is 0 Å². The Bertz CT molecular complexity index is 644. The highest BCUT2D eigenvalue weighted by Gasteiger charge is 2.27. The lowest BCUT2D eigenvalue weighted by Gasteiger charge is -2.15. The molecule has 0 amide bonds. The number of ketones is 1. The monoisotopic (exact) mass is 323 g/mol. The molecule has 0 saturated carbocycles. The summed E-state index contributed by atoms with van der Waals surface area (Å²) < 4.78 is 3.95. The van der Waals surface area contributed by atoms with Crippen LogP contribution < -0.4 is 0 Å². The van der Waals surface area contributed by atoms with E-state index in [-0.39, 0.29) is 16.6 Å². The van der Waals surface area contributed by atoms with Gasteiger partial charge in [0.1, 0.15) is 9.88 Å². The fourth-order valence-corrected chi connectivity index (χ4v) is 3.65. The number of carbonyl (C=O) groups excluding carboxylic acids is 1. The van der Waals surface area contributed by atoms with Crippen LogP contribution in [0.4, 0.5) is 0 Å². The zero-order valence-electron chi connectivity index (χ0n) is 13.4. The van der Waals surface area contributed by atoms with Crippen molar-refractivity contribution in [1.82, 2.24) is 14.6 Å². The lowest BCUT2D eigenvalue weighted by Crippen LogP contribution is -2.17. The number of nitrogens with zero attached hydrogens (tertiary/aromatic N) is 3. The Morgan fingerprint density at radius 1 is 1.14 bits per heavy atom. The van der Waals surface area contributed by atoms with E-state index in [2.05, 4.69) is 35.3 Å². The molecule has 0 aromatic carbocycles. The average Bonchev–Trinajstić information content (AvgIpc) is 2.94. The Labute approximate surface area is 133 Å². The summed E-state index contributed by atoms with van der Waals surface area (Å²) in [4.78, 5) is 17.7. The van der Waals surface area contributed by atoms with Crippen molar-refractivity contribution in [3.05, 3.63) is 26.7 Å². The highest BCUT2D eigenvalue weighted by molar-refractivity contribution is 7.10. The molecule has 0 bridgehead atoms. The number of hydrogen-bond acceptors (Lipinski definition) is 6.